The first-order valence-corrected chi connectivity index (χ1v) is 8.15. The van der Waals surface area contributed by atoms with Crippen LogP contribution in [0.15, 0.2) is 36.5 Å². The molecule has 0 spiro atoms. The number of nitrogens with zero attached hydrogens (tertiary/aromatic N) is 1. The Labute approximate surface area is 144 Å². The van der Waals surface area contributed by atoms with E-state index in [0.29, 0.717) is 12.2 Å². The molecule has 4 rings (SSSR count). The SMILES string of the molecule is COc1ccccc1-c1[nH]c2cc(NC(=O)[C@@H]3C[C@@H]3F)ncc2c1C. The highest BCUT2D eigenvalue weighted by Gasteiger charge is 2.43. The number of carbonyl (C=O) groups excluding carboxylic acids is 1. The van der Waals surface area contributed by atoms with Crippen LogP contribution in [-0.2, 0) is 4.79 Å². The van der Waals surface area contributed by atoms with Gasteiger partial charge in [0.05, 0.1) is 24.2 Å². The maximum atomic E-state index is 13.0. The molecule has 1 aromatic carbocycles. The van der Waals surface area contributed by atoms with Crippen molar-refractivity contribution in [1.82, 2.24) is 9.97 Å². The number of pyridine rings is 1. The standard InChI is InChI=1S/C19H18FN3O2/c1-10-13-9-21-17(23-19(24)12-7-14(12)20)8-15(13)22-18(10)11-5-3-4-6-16(11)25-2/h3-6,8-9,12,14,22H,7H2,1-2H3,(H,21,23,24)/t12-,14+/m1/s1. The number of halogens is 1. The second-order valence-electron chi connectivity index (χ2n) is 6.29. The average Bonchev–Trinajstić information content (AvgIpc) is 3.27. The van der Waals surface area contributed by atoms with Crippen molar-refractivity contribution in [2.24, 2.45) is 5.92 Å². The predicted molar refractivity (Wildman–Crippen MR) is 94.5 cm³/mol. The number of para-hydroxylation sites is 1. The number of H-pyrrole nitrogens is 1. The summed E-state index contributed by atoms with van der Waals surface area (Å²) in [6.45, 7) is 2.01. The van der Waals surface area contributed by atoms with Crippen LogP contribution < -0.4 is 10.1 Å². The van der Waals surface area contributed by atoms with Crippen LogP contribution in [0.25, 0.3) is 22.2 Å². The third-order valence-electron chi connectivity index (χ3n) is 4.62. The van der Waals surface area contributed by atoms with E-state index >= 15 is 0 Å². The van der Waals surface area contributed by atoms with Gasteiger partial charge < -0.3 is 15.0 Å². The highest BCUT2D eigenvalue weighted by atomic mass is 19.1. The van der Waals surface area contributed by atoms with Gasteiger partial charge in [-0.3, -0.25) is 4.79 Å². The molecule has 2 N–H and O–H groups in total. The Morgan fingerprint density at radius 2 is 2.16 bits per heavy atom. The molecule has 1 amide bonds. The van der Waals surface area contributed by atoms with Gasteiger partial charge in [0.15, 0.2) is 0 Å². The molecule has 2 heterocycles. The summed E-state index contributed by atoms with van der Waals surface area (Å²) in [6.07, 6.45) is 0.997. The lowest BCUT2D eigenvalue weighted by Gasteiger charge is -2.07. The van der Waals surface area contributed by atoms with Crippen LogP contribution >= 0.6 is 0 Å². The predicted octanol–water partition coefficient (Wildman–Crippen LogP) is 3.84. The largest absolute Gasteiger partial charge is 0.496 e. The summed E-state index contributed by atoms with van der Waals surface area (Å²) in [5, 5.41) is 3.65. The van der Waals surface area contributed by atoms with E-state index in [-0.39, 0.29) is 5.91 Å². The summed E-state index contributed by atoms with van der Waals surface area (Å²) in [5.41, 5.74) is 3.82. The van der Waals surface area contributed by atoms with Crippen LogP contribution in [0.4, 0.5) is 10.2 Å². The van der Waals surface area contributed by atoms with Gasteiger partial charge in [0.1, 0.15) is 17.7 Å². The summed E-state index contributed by atoms with van der Waals surface area (Å²) >= 11 is 0. The maximum Gasteiger partial charge on any atom is 0.231 e. The molecule has 1 saturated carbocycles. The number of rotatable bonds is 4. The summed E-state index contributed by atoms with van der Waals surface area (Å²) in [7, 11) is 1.64. The van der Waals surface area contributed by atoms with Gasteiger partial charge in [-0.15, -0.1) is 0 Å². The molecule has 128 valence electrons. The first kappa shape index (κ1) is 15.6. The van der Waals surface area contributed by atoms with E-state index in [1.165, 1.54) is 0 Å². The Morgan fingerprint density at radius 1 is 1.40 bits per heavy atom. The van der Waals surface area contributed by atoms with Gasteiger partial charge >= 0.3 is 0 Å². The van der Waals surface area contributed by atoms with E-state index in [4.69, 9.17) is 4.74 Å². The van der Waals surface area contributed by atoms with Crippen LogP contribution in [0, 0.1) is 12.8 Å². The van der Waals surface area contributed by atoms with E-state index in [9.17, 15) is 9.18 Å². The Kier molecular flexibility index (Phi) is 3.67. The zero-order valence-electron chi connectivity index (χ0n) is 14.0. The number of nitrogens with one attached hydrogen (secondary N) is 2. The third kappa shape index (κ3) is 2.73. The zero-order chi connectivity index (χ0) is 17.6. The number of benzene rings is 1. The molecule has 0 radical (unpaired) electrons. The average molecular weight is 339 g/mol. The molecule has 2 atom stereocenters. The molecule has 0 bridgehead atoms. The highest BCUT2D eigenvalue weighted by molar-refractivity contribution is 5.97. The topological polar surface area (TPSA) is 67.0 Å². The van der Waals surface area contributed by atoms with Gasteiger partial charge in [0, 0.05) is 23.2 Å². The van der Waals surface area contributed by atoms with Gasteiger partial charge in [-0.05, 0) is 31.0 Å². The summed E-state index contributed by atoms with van der Waals surface area (Å²) in [4.78, 5) is 19.5. The van der Waals surface area contributed by atoms with Crippen molar-refractivity contribution >= 4 is 22.6 Å². The van der Waals surface area contributed by atoms with Crippen molar-refractivity contribution in [2.75, 3.05) is 12.4 Å². The molecular weight excluding hydrogens is 321 g/mol. The minimum atomic E-state index is -1.02. The van der Waals surface area contributed by atoms with Gasteiger partial charge in [-0.2, -0.15) is 0 Å². The fraction of sp³-hybridized carbons (Fsp3) is 0.263. The number of alkyl halides is 1. The lowest BCUT2D eigenvalue weighted by atomic mass is 10.1. The first-order valence-electron chi connectivity index (χ1n) is 8.15. The molecule has 2 aromatic heterocycles. The van der Waals surface area contributed by atoms with E-state index < -0.39 is 12.1 Å². The van der Waals surface area contributed by atoms with Gasteiger partial charge in [-0.1, -0.05) is 12.1 Å². The molecule has 25 heavy (non-hydrogen) atoms. The number of aryl methyl sites for hydroxylation is 1. The normalized spacial score (nSPS) is 19.0. The fourth-order valence-electron chi connectivity index (χ4n) is 3.06. The van der Waals surface area contributed by atoms with E-state index in [1.54, 1.807) is 19.4 Å². The molecule has 1 aliphatic rings. The van der Waals surface area contributed by atoms with Crippen LogP contribution in [0.5, 0.6) is 5.75 Å². The Balaban J connectivity index is 1.71. The van der Waals surface area contributed by atoms with Crippen LogP contribution in [-0.4, -0.2) is 29.2 Å². The van der Waals surface area contributed by atoms with Gasteiger partial charge in [0.25, 0.3) is 0 Å². The van der Waals surface area contributed by atoms with Crippen LogP contribution in [0.2, 0.25) is 0 Å². The smallest absolute Gasteiger partial charge is 0.231 e. The number of aromatic nitrogens is 2. The molecule has 1 aliphatic carbocycles. The van der Waals surface area contributed by atoms with Crippen LogP contribution in [0.3, 0.4) is 0 Å². The van der Waals surface area contributed by atoms with E-state index in [0.717, 1.165) is 33.5 Å². The van der Waals surface area contributed by atoms with Crippen LogP contribution in [0.1, 0.15) is 12.0 Å². The number of amides is 1. The quantitative estimate of drug-likeness (QED) is 0.759. The van der Waals surface area contributed by atoms with Crippen molar-refractivity contribution in [3.05, 3.63) is 42.1 Å². The molecule has 5 nitrogen and oxygen atoms in total. The number of fused-ring (bicyclic) bond motifs is 1. The molecule has 1 fully saturated rings. The second kappa shape index (κ2) is 5.88. The van der Waals surface area contributed by atoms with Crippen molar-refractivity contribution in [1.29, 1.82) is 0 Å². The molecule has 0 saturated heterocycles. The highest BCUT2D eigenvalue weighted by Crippen LogP contribution is 2.36. The lowest BCUT2D eigenvalue weighted by Crippen LogP contribution is -2.15. The van der Waals surface area contributed by atoms with Gasteiger partial charge in [-0.25, -0.2) is 9.37 Å². The molecule has 3 aromatic rings. The van der Waals surface area contributed by atoms with Crippen molar-refractivity contribution < 1.29 is 13.9 Å². The number of methoxy groups -OCH3 is 1. The Morgan fingerprint density at radius 3 is 2.88 bits per heavy atom. The number of aromatic amines is 1. The number of hydrogen-bond donors (Lipinski definition) is 2. The van der Waals surface area contributed by atoms with Crippen molar-refractivity contribution in [2.45, 2.75) is 19.5 Å². The minimum absolute atomic E-state index is 0.299. The number of hydrogen-bond acceptors (Lipinski definition) is 3. The number of ether oxygens (including phenoxy) is 1. The molecular formula is C19H18FN3O2. The first-order chi connectivity index (χ1) is 12.1. The summed E-state index contributed by atoms with van der Waals surface area (Å²) in [5.74, 6) is 0.352. The monoisotopic (exact) mass is 339 g/mol. The fourth-order valence-corrected chi connectivity index (χ4v) is 3.06. The third-order valence-corrected chi connectivity index (χ3v) is 4.62. The van der Waals surface area contributed by atoms with E-state index in [2.05, 4.69) is 15.3 Å². The second-order valence-corrected chi connectivity index (χ2v) is 6.29. The maximum absolute atomic E-state index is 13.0. The summed E-state index contributed by atoms with van der Waals surface area (Å²) in [6, 6.07) is 9.55. The van der Waals surface area contributed by atoms with E-state index in [1.807, 2.05) is 31.2 Å². The Bertz CT molecular complexity index is 966. The Hall–Kier alpha value is -2.89. The molecule has 0 aliphatic heterocycles. The summed E-state index contributed by atoms with van der Waals surface area (Å²) < 4.78 is 18.4. The molecule has 0 unspecified atom stereocenters. The zero-order valence-corrected chi connectivity index (χ0v) is 14.0. The number of carbonyl (C=O) groups is 1. The number of anilines is 1. The molecule has 6 heteroatoms. The van der Waals surface area contributed by atoms with Crippen molar-refractivity contribution in [3.63, 3.8) is 0 Å². The van der Waals surface area contributed by atoms with Gasteiger partial charge in [0.2, 0.25) is 5.91 Å². The minimum Gasteiger partial charge on any atom is -0.496 e. The lowest BCUT2D eigenvalue weighted by molar-refractivity contribution is -0.117. The van der Waals surface area contributed by atoms with Crippen molar-refractivity contribution in [3.8, 4) is 17.0 Å².